The minimum absolute atomic E-state index is 0.441. The van der Waals surface area contributed by atoms with E-state index in [9.17, 15) is 0 Å². The highest BCUT2D eigenvalue weighted by Gasteiger charge is 2.21. The van der Waals surface area contributed by atoms with Crippen LogP contribution in [0.5, 0.6) is 5.75 Å². The number of para-hydroxylation sites is 1. The Morgan fingerprint density at radius 3 is 2.54 bits per heavy atom. The molecule has 0 fully saturated rings. The Bertz CT molecular complexity index is 793. The van der Waals surface area contributed by atoms with E-state index in [1.54, 1.807) is 0 Å². The smallest absolute Gasteiger partial charge is 0.122 e. The predicted octanol–water partition coefficient (Wildman–Crippen LogP) is 3.65. The highest BCUT2D eigenvalue weighted by atomic mass is 16.5. The van der Waals surface area contributed by atoms with E-state index in [4.69, 9.17) is 10.5 Å². The van der Waals surface area contributed by atoms with Gasteiger partial charge in [0.25, 0.3) is 0 Å². The molecule has 1 unspecified atom stereocenters. The summed E-state index contributed by atoms with van der Waals surface area (Å²) in [7, 11) is 0. The van der Waals surface area contributed by atoms with Crippen molar-refractivity contribution in [2.75, 3.05) is 6.61 Å². The number of rotatable bonds is 6. The average molecular weight is 321 g/mol. The molecule has 24 heavy (non-hydrogen) atoms. The van der Waals surface area contributed by atoms with E-state index in [2.05, 4.69) is 17.1 Å². The Morgan fingerprint density at radius 1 is 1.08 bits per heavy atom. The van der Waals surface area contributed by atoms with E-state index in [-0.39, 0.29) is 0 Å². The van der Waals surface area contributed by atoms with Crippen LogP contribution in [-0.2, 0) is 6.54 Å². The number of aromatic nitrogens is 2. The fourth-order valence-electron chi connectivity index (χ4n) is 2.63. The second-order valence-electron chi connectivity index (χ2n) is 6.51. The molecule has 2 aromatic carbocycles. The first-order valence-electron chi connectivity index (χ1n) is 8.08. The van der Waals surface area contributed by atoms with E-state index >= 15 is 0 Å². The molecule has 0 radical (unpaired) electrons. The monoisotopic (exact) mass is 321 g/mol. The maximum Gasteiger partial charge on any atom is 0.122 e. The highest BCUT2D eigenvalue weighted by Crippen LogP contribution is 2.19. The maximum atomic E-state index is 6.42. The van der Waals surface area contributed by atoms with Crippen molar-refractivity contribution in [3.63, 3.8) is 0 Å². The van der Waals surface area contributed by atoms with Gasteiger partial charge in [-0.3, -0.25) is 0 Å². The molecule has 0 bridgehead atoms. The zero-order valence-corrected chi connectivity index (χ0v) is 14.1. The van der Waals surface area contributed by atoms with Crippen LogP contribution in [0.4, 0.5) is 0 Å². The summed E-state index contributed by atoms with van der Waals surface area (Å²) in [6, 6.07) is 18.1. The molecule has 2 N–H and O–H groups in total. The van der Waals surface area contributed by atoms with E-state index in [1.165, 1.54) is 0 Å². The highest BCUT2D eigenvalue weighted by molar-refractivity contribution is 5.57. The molecule has 0 saturated carbocycles. The summed E-state index contributed by atoms with van der Waals surface area (Å²) in [5.74, 6) is 0.879. The molecule has 0 aliphatic rings. The first-order chi connectivity index (χ1) is 11.5. The minimum atomic E-state index is -0.489. The lowest BCUT2D eigenvalue weighted by Crippen LogP contribution is -2.46. The Balaban J connectivity index is 1.64. The molecule has 1 atom stereocenters. The van der Waals surface area contributed by atoms with Crippen molar-refractivity contribution in [2.45, 2.75) is 25.9 Å². The van der Waals surface area contributed by atoms with Gasteiger partial charge in [0.2, 0.25) is 0 Å². The lowest BCUT2D eigenvalue weighted by Gasteiger charge is -2.25. The Hall–Kier alpha value is -2.59. The van der Waals surface area contributed by atoms with Gasteiger partial charge in [-0.2, -0.15) is 0 Å². The number of benzene rings is 2. The summed E-state index contributed by atoms with van der Waals surface area (Å²) in [6.45, 7) is 5.11. The van der Waals surface area contributed by atoms with Gasteiger partial charge < -0.3 is 15.0 Å². The van der Waals surface area contributed by atoms with Crippen molar-refractivity contribution in [3.05, 3.63) is 72.7 Å². The number of hydrogen-bond donors (Lipinski definition) is 1. The molecule has 124 valence electrons. The molecule has 1 aromatic heterocycles. The number of nitrogens with two attached hydrogens (primary N) is 1. The molecule has 0 amide bonds. The van der Waals surface area contributed by atoms with Crippen LogP contribution in [0.3, 0.4) is 0 Å². The van der Waals surface area contributed by atoms with Gasteiger partial charge in [-0.25, -0.2) is 4.98 Å². The minimum Gasteiger partial charge on any atom is -0.491 e. The summed E-state index contributed by atoms with van der Waals surface area (Å²) in [6.07, 6.45) is 3.84. The molecule has 4 nitrogen and oxygen atoms in total. The molecule has 1 heterocycles. The fourth-order valence-corrected chi connectivity index (χ4v) is 2.63. The van der Waals surface area contributed by atoms with Crippen LogP contribution in [0.25, 0.3) is 11.3 Å². The van der Waals surface area contributed by atoms with E-state index in [1.807, 2.05) is 73.4 Å². The van der Waals surface area contributed by atoms with Crippen LogP contribution < -0.4 is 10.5 Å². The van der Waals surface area contributed by atoms with Gasteiger partial charge in [0, 0.05) is 18.3 Å². The number of aryl methyl sites for hydroxylation is 1. The van der Waals surface area contributed by atoms with Crippen molar-refractivity contribution in [2.24, 2.45) is 5.73 Å². The third-order valence-corrected chi connectivity index (χ3v) is 3.90. The maximum absolute atomic E-state index is 6.42. The van der Waals surface area contributed by atoms with Crippen LogP contribution in [0.15, 0.2) is 67.1 Å². The first-order valence-corrected chi connectivity index (χ1v) is 8.08. The van der Waals surface area contributed by atoms with Crippen LogP contribution in [0.2, 0.25) is 0 Å². The average Bonchev–Trinajstić information content (AvgIpc) is 3.03. The van der Waals surface area contributed by atoms with Crippen molar-refractivity contribution >= 4 is 0 Å². The molecular formula is C20H23N3O. The van der Waals surface area contributed by atoms with Gasteiger partial charge in [-0.1, -0.05) is 48.5 Å². The summed E-state index contributed by atoms with van der Waals surface area (Å²) >= 11 is 0. The van der Waals surface area contributed by atoms with Crippen molar-refractivity contribution in [1.29, 1.82) is 0 Å². The molecule has 3 rings (SSSR count). The largest absolute Gasteiger partial charge is 0.491 e. The Labute approximate surface area is 142 Å². The number of nitrogens with zero attached hydrogens (tertiary/aromatic N) is 2. The number of hydrogen-bond acceptors (Lipinski definition) is 3. The van der Waals surface area contributed by atoms with Crippen LogP contribution >= 0.6 is 0 Å². The van der Waals surface area contributed by atoms with Gasteiger partial charge in [-0.15, -0.1) is 0 Å². The second-order valence-corrected chi connectivity index (χ2v) is 6.51. The zero-order chi connectivity index (χ0) is 17.0. The summed E-state index contributed by atoms with van der Waals surface area (Å²) in [4.78, 5) is 4.47. The van der Waals surface area contributed by atoms with Gasteiger partial charge in [-0.05, 0) is 25.5 Å². The van der Waals surface area contributed by atoms with E-state index in [0.717, 1.165) is 22.6 Å². The molecule has 0 saturated heterocycles. The normalized spacial score (nSPS) is 13.5. The summed E-state index contributed by atoms with van der Waals surface area (Å²) < 4.78 is 7.92. The van der Waals surface area contributed by atoms with Crippen LogP contribution in [0, 0.1) is 6.92 Å². The third kappa shape index (κ3) is 4.03. The van der Waals surface area contributed by atoms with Gasteiger partial charge in [0.1, 0.15) is 12.4 Å². The van der Waals surface area contributed by atoms with Crippen LogP contribution in [0.1, 0.15) is 12.5 Å². The quantitative estimate of drug-likeness (QED) is 0.754. The third-order valence-electron chi connectivity index (χ3n) is 3.90. The standard InChI is InChI=1S/C20H23N3O/c1-16-8-6-7-11-19(16)24-14-20(2,21)13-23-12-18(22-15-23)17-9-4-3-5-10-17/h3-12,15H,13-14,21H2,1-2H3. The SMILES string of the molecule is Cc1ccccc1OCC(C)(N)Cn1cnc(-c2ccccc2)c1. The molecule has 0 aliphatic heterocycles. The Kier molecular flexibility index (Phi) is 4.67. The van der Waals surface area contributed by atoms with Crippen molar-refractivity contribution < 1.29 is 4.74 Å². The second kappa shape index (κ2) is 6.89. The lowest BCUT2D eigenvalue weighted by molar-refractivity contribution is 0.211. The lowest BCUT2D eigenvalue weighted by atomic mass is 10.1. The van der Waals surface area contributed by atoms with Gasteiger partial charge in [0.05, 0.1) is 17.6 Å². The summed E-state index contributed by atoms with van der Waals surface area (Å²) in [5, 5.41) is 0. The topological polar surface area (TPSA) is 53.1 Å². The van der Waals surface area contributed by atoms with Crippen molar-refractivity contribution in [3.8, 4) is 17.0 Å². The van der Waals surface area contributed by atoms with Crippen molar-refractivity contribution in [1.82, 2.24) is 9.55 Å². The van der Waals surface area contributed by atoms with Crippen LogP contribution in [-0.4, -0.2) is 21.7 Å². The van der Waals surface area contributed by atoms with E-state index in [0.29, 0.717) is 13.2 Å². The molecule has 0 aliphatic carbocycles. The van der Waals surface area contributed by atoms with E-state index < -0.39 is 5.54 Å². The zero-order valence-electron chi connectivity index (χ0n) is 14.1. The molecule has 3 aromatic rings. The number of imidazole rings is 1. The molecule has 4 heteroatoms. The van der Waals surface area contributed by atoms with Gasteiger partial charge in [0.15, 0.2) is 0 Å². The first kappa shape index (κ1) is 16.3. The number of ether oxygens (including phenoxy) is 1. The Morgan fingerprint density at radius 2 is 1.79 bits per heavy atom. The fraction of sp³-hybridized carbons (Fsp3) is 0.250. The predicted molar refractivity (Wildman–Crippen MR) is 96.9 cm³/mol. The molecular weight excluding hydrogens is 298 g/mol. The molecule has 0 spiro atoms. The van der Waals surface area contributed by atoms with Gasteiger partial charge >= 0.3 is 0 Å². The summed E-state index contributed by atoms with van der Waals surface area (Å²) in [5.41, 5.74) is 9.10.